The molecule has 0 aromatic heterocycles. The SMILES string of the molecule is CC(C)N1C(=O)CC(NCc2cccc([N+](=O)[O-])c2)C1=O. The van der Waals surface area contributed by atoms with Gasteiger partial charge in [0.25, 0.3) is 5.69 Å². The predicted molar refractivity (Wildman–Crippen MR) is 75.3 cm³/mol. The Morgan fingerprint density at radius 3 is 2.71 bits per heavy atom. The highest BCUT2D eigenvalue weighted by atomic mass is 16.6. The van der Waals surface area contributed by atoms with Gasteiger partial charge in [-0.2, -0.15) is 0 Å². The molecule has 1 aromatic carbocycles. The lowest BCUT2D eigenvalue weighted by atomic mass is 10.1. The third-order valence-corrected chi connectivity index (χ3v) is 3.37. The Bertz CT molecular complexity index is 585. The molecule has 0 radical (unpaired) electrons. The summed E-state index contributed by atoms with van der Waals surface area (Å²) in [6, 6.07) is 5.48. The number of non-ortho nitro benzene ring substituents is 1. The van der Waals surface area contributed by atoms with E-state index in [1.54, 1.807) is 26.0 Å². The molecule has 1 aliphatic heterocycles. The van der Waals surface area contributed by atoms with Crippen LogP contribution in [0.4, 0.5) is 5.69 Å². The Hall–Kier alpha value is -2.28. The molecule has 1 heterocycles. The minimum atomic E-state index is -0.556. The third kappa shape index (κ3) is 3.25. The lowest BCUT2D eigenvalue weighted by Crippen LogP contribution is -2.41. The third-order valence-electron chi connectivity index (χ3n) is 3.37. The van der Waals surface area contributed by atoms with Gasteiger partial charge < -0.3 is 5.32 Å². The van der Waals surface area contributed by atoms with Crippen LogP contribution >= 0.6 is 0 Å². The molecule has 7 heteroatoms. The normalized spacial score (nSPS) is 18.6. The van der Waals surface area contributed by atoms with E-state index >= 15 is 0 Å². The van der Waals surface area contributed by atoms with Crippen LogP contribution in [0.3, 0.4) is 0 Å². The first-order valence-electron chi connectivity index (χ1n) is 6.72. The molecule has 21 heavy (non-hydrogen) atoms. The maximum Gasteiger partial charge on any atom is 0.269 e. The number of likely N-dealkylation sites (tertiary alicyclic amines) is 1. The number of rotatable bonds is 5. The van der Waals surface area contributed by atoms with Crippen LogP contribution in [0.2, 0.25) is 0 Å². The Labute approximate surface area is 122 Å². The van der Waals surface area contributed by atoms with Crippen molar-refractivity contribution in [2.24, 2.45) is 0 Å². The average molecular weight is 291 g/mol. The number of nitro groups is 1. The molecular formula is C14H17N3O4. The number of benzene rings is 1. The van der Waals surface area contributed by atoms with Crippen molar-refractivity contribution in [3.8, 4) is 0 Å². The molecule has 112 valence electrons. The van der Waals surface area contributed by atoms with E-state index in [4.69, 9.17) is 0 Å². The van der Waals surface area contributed by atoms with E-state index in [-0.39, 0.29) is 30.0 Å². The number of imide groups is 1. The summed E-state index contributed by atoms with van der Waals surface area (Å²) in [5.74, 6) is -0.424. The number of amides is 2. The minimum Gasteiger partial charge on any atom is -0.301 e. The number of nitro benzene ring substituents is 1. The van der Waals surface area contributed by atoms with E-state index in [9.17, 15) is 19.7 Å². The Balaban J connectivity index is 2.01. The second-order valence-electron chi connectivity index (χ2n) is 5.26. The number of hydrogen-bond donors (Lipinski definition) is 1. The molecule has 2 rings (SSSR count). The molecule has 1 saturated heterocycles. The first-order valence-corrected chi connectivity index (χ1v) is 6.72. The first-order chi connectivity index (χ1) is 9.90. The number of carbonyl (C=O) groups excluding carboxylic acids is 2. The molecule has 0 spiro atoms. The van der Waals surface area contributed by atoms with E-state index < -0.39 is 11.0 Å². The van der Waals surface area contributed by atoms with Gasteiger partial charge in [-0.25, -0.2) is 0 Å². The molecule has 0 saturated carbocycles. The van der Waals surface area contributed by atoms with Crippen LogP contribution in [0.1, 0.15) is 25.8 Å². The van der Waals surface area contributed by atoms with Crippen LogP contribution in [0.15, 0.2) is 24.3 Å². The highest BCUT2D eigenvalue weighted by Crippen LogP contribution is 2.17. The van der Waals surface area contributed by atoms with Crippen molar-refractivity contribution in [2.75, 3.05) is 0 Å². The predicted octanol–water partition coefficient (Wildman–Crippen LogP) is 1.22. The molecule has 7 nitrogen and oxygen atoms in total. The molecule has 1 aliphatic rings. The smallest absolute Gasteiger partial charge is 0.269 e. The van der Waals surface area contributed by atoms with Gasteiger partial charge in [-0.15, -0.1) is 0 Å². The van der Waals surface area contributed by atoms with Crippen LogP contribution in [0.25, 0.3) is 0 Å². The van der Waals surface area contributed by atoms with Crippen molar-refractivity contribution in [1.82, 2.24) is 10.2 Å². The summed E-state index contributed by atoms with van der Waals surface area (Å²) in [7, 11) is 0. The summed E-state index contributed by atoms with van der Waals surface area (Å²) < 4.78 is 0. The van der Waals surface area contributed by atoms with Crippen LogP contribution in [0.5, 0.6) is 0 Å². The summed E-state index contributed by atoms with van der Waals surface area (Å²) in [4.78, 5) is 35.4. The van der Waals surface area contributed by atoms with Gasteiger partial charge in [0.05, 0.1) is 17.4 Å². The largest absolute Gasteiger partial charge is 0.301 e. The van der Waals surface area contributed by atoms with E-state index in [1.165, 1.54) is 17.0 Å². The van der Waals surface area contributed by atoms with Gasteiger partial charge >= 0.3 is 0 Å². The molecule has 1 unspecified atom stereocenters. The van der Waals surface area contributed by atoms with Gasteiger partial charge in [0.15, 0.2) is 0 Å². The fourth-order valence-corrected chi connectivity index (χ4v) is 2.37. The molecule has 1 aromatic rings. The number of carbonyl (C=O) groups is 2. The van der Waals surface area contributed by atoms with Crippen LogP contribution in [-0.2, 0) is 16.1 Å². The highest BCUT2D eigenvalue weighted by molar-refractivity contribution is 6.05. The summed E-state index contributed by atoms with van der Waals surface area (Å²) in [6.07, 6.45) is 0.131. The number of nitrogens with one attached hydrogen (secondary N) is 1. The van der Waals surface area contributed by atoms with Crippen molar-refractivity contribution < 1.29 is 14.5 Å². The van der Waals surface area contributed by atoms with Gasteiger partial charge in [-0.3, -0.25) is 24.6 Å². The van der Waals surface area contributed by atoms with Crippen LogP contribution < -0.4 is 5.32 Å². The molecule has 1 atom stereocenters. The molecule has 0 bridgehead atoms. The Morgan fingerprint density at radius 1 is 1.43 bits per heavy atom. The zero-order valence-electron chi connectivity index (χ0n) is 11.9. The molecule has 0 aliphatic carbocycles. The number of nitrogens with zero attached hydrogens (tertiary/aromatic N) is 2. The van der Waals surface area contributed by atoms with Crippen molar-refractivity contribution >= 4 is 17.5 Å². The molecule has 1 N–H and O–H groups in total. The average Bonchev–Trinajstić information content (AvgIpc) is 2.71. The van der Waals surface area contributed by atoms with Gasteiger partial charge in [0, 0.05) is 24.7 Å². The fraction of sp³-hybridized carbons (Fsp3) is 0.429. The highest BCUT2D eigenvalue weighted by Gasteiger charge is 2.39. The van der Waals surface area contributed by atoms with E-state index in [0.29, 0.717) is 12.1 Å². The standard InChI is InChI=1S/C14H17N3O4/c1-9(2)16-13(18)7-12(14(16)19)15-8-10-4-3-5-11(6-10)17(20)21/h3-6,9,12,15H,7-8H2,1-2H3. The zero-order chi connectivity index (χ0) is 15.6. The quantitative estimate of drug-likeness (QED) is 0.500. The van der Waals surface area contributed by atoms with Crippen LogP contribution in [0, 0.1) is 10.1 Å². The summed E-state index contributed by atoms with van der Waals surface area (Å²) in [5.41, 5.74) is 0.708. The second-order valence-corrected chi connectivity index (χ2v) is 5.26. The number of hydrogen-bond acceptors (Lipinski definition) is 5. The molecule has 2 amide bonds. The lowest BCUT2D eigenvalue weighted by Gasteiger charge is -2.19. The summed E-state index contributed by atoms with van der Waals surface area (Å²) >= 11 is 0. The van der Waals surface area contributed by atoms with Crippen molar-refractivity contribution in [3.05, 3.63) is 39.9 Å². The van der Waals surface area contributed by atoms with E-state index in [0.717, 1.165) is 0 Å². The first kappa shape index (κ1) is 15.1. The van der Waals surface area contributed by atoms with Gasteiger partial charge in [0.2, 0.25) is 11.8 Å². The van der Waals surface area contributed by atoms with Gasteiger partial charge in [-0.1, -0.05) is 12.1 Å². The van der Waals surface area contributed by atoms with Crippen LogP contribution in [-0.4, -0.2) is 33.7 Å². The topological polar surface area (TPSA) is 92.6 Å². The Kier molecular flexibility index (Phi) is 4.32. The maximum atomic E-state index is 12.1. The van der Waals surface area contributed by atoms with Gasteiger partial charge in [0.1, 0.15) is 0 Å². The van der Waals surface area contributed by atoms with E-state index in [2.05, 4.69) is 5.32 Å². The Morgan fingerprint density at radius 2 is 2.14 bits per heavy atom. The molecule has 1 fully saturated rings. The summed E-state index contributed by atoms with van der Waals surface area (Å²) in [5, 5.41) is 13.7. The zero-order valence-corrected chi connectivity index (χ0v) is 11.9. The fourth-order valence-electron chi connectivity index (χ4n) is 2.37. The van der Waals surface area contributed by atoms with Crippen molar-refractivity contribution in [1.29, 1.82) is 0 Å². The minimum absolute atomic E-state index is 0.00642. The maximum absolute atomic E-state index is 12.1. The van der Waals surface area contributed by atoms with Crippen molar-refractivity contribution in [3.63, 3.8) is 0 Å². The molecular weight excluding hydrogens is 274 g/mol. The lowest BCUT2D eigenvalue weighted by molar-refractivity contribution is -0.384. The van der Waals surface area contributed by atoms with Crippen molar-refractivity contribution in [2.45, 2.75) is 38.9 Å². The second kappa shape index (κ2) is 6.01. The summed E-state index contributed by atoms with van der Waals surface area (Å²) in [6.45, 7) is 3.88. The van der Waals surface area contributed by atoms with Gasteiger partial charge in [-0.05, 0) is 19.4 Å². The monoisotopic (exact) mass is 291 g/mol. The van der Waals surface area contributed by atoms with E-state index in [1.807, 2.05) is 0 Å².